The number of aryl methyl sites for hydroxylation is 1. The molecule has 0 spiro atoms. The molecule has 0 aliphatic heterocycles. The van der Waals surface area contributed by atoms with Crippen molar-refractivity contribution in [3.8, 4) is 28.6 Å². The second-order valence-corrected chi connectivity index (χ2v) is 8.55. The van der Waals surface area contributed by atoms with Gasteiger partial charge in [0.15, 0.2) is 23.9 Å². The fourth-order valence-corrected chi connectivity index (χ4v) is 4.03. The van der Waals surface area contributed by atoms with Crippen LogP contribution < -0.4 is 25.0 Å². The molecule has 8 heteroatoms. The molecule has 0 aliphatic rings. The Hall–Kier alpha value is -3.97. The highest BCUT2D eigenvalue weighted by atomic mass is 35.5. The van der Waals surface area contributed by atoms with E-state index in [9.17, 15) is 9.59 Å². The van der Waals surface area contributed by atoms with Crippen LogP contribution in [-0.4, -0.2) is 33.3 Å². The number of ether oxygens (including phenoxy) is 3. The zero-order valence-corrected chi connectivity index (χ0v) is 21.0. The molecule has 0 saturated carbocycles. The van der Waals surface area contributed by atoms with Gasteiger partial charge in [0, 0.05) is 12.1 Å². The van der Waals surface area contributed by atoms with Crippen molar-refractivity contribution in [1.82, 2.24) is 5.32 Å². The van der Waals surface area contributed by atoms with Crippen molar-refractivity contribution in [2.75, 3.05) is 27.4 Å². The molecule has 1 aromatic heterocycles. The Kier molecular flexibility index (Phi) is 7.80. The second-order valence-electron chi connectivity index (χ2n) is 8.15. The predicted octanol–water partition coefficient (Wildman–Crippen LogP) is 5.18. The molecule has 0 radical (unpaired) electrons. The zero-order valence-electron chi connectivity index (χ0n) is 20.2. The maximum absolute atomic E-state index is 13.3. The van der Waals surface area contributed by atoms with E-state index in [1.165, 1.54) is 0 Å². The van der Waals surface area contributed by atoms with Gasteiger partial charge >= 0.3 is 0 Å². The third-order valence-corrected chi connectivity index (χ3v) is 5.99. The number of carbonyl (C=O) groups excluding carboxylic acids is 1. The highest BCUT2D eigenvalue weighted by Crippen LogP contribution is 2.35. The SMILES string of the molecule is COc1ccc(CCNC(=O)COc2c(-c3ccccc3Cl)oc3cc(C)ccc3c2=O)cc1OC. The van der Waals surface area contributed by atoms with Crippen molar-refractivity contribution >= 4 is 28.5 Å². The highest BCUT2D eigenvalue weighted by molar-refractivity contribution is 6.33. The van der Waals surface area contributed by atoms with Crippen LogP contribution >= 0.6 is 11.6 Å². The molecule has 1 amide bonds. The van der Waals surface area contributed by atoms with Crippen LogP contribution in [0.4, 0.5) is 0 Å². The van der Waals surface area contributed by atoms with Gasteiger partial charge in [-0.3, -0.25) is 9.59 Å². The van der Waals surface area contributed by atoms with Gasteiger partial charge in [-0.2, -0.15) is 0 Å². The van der Waals surface area contributed by atoms with E-state index in [0.717, 1.165) is 11.1 Å². The minimum atomic E-state index is -0.371. The molecule has 1 N–H and O–H groups in total. The summed E-state index contributed by atoms with van der Waals surface area (Å²) in [7, 11) is 3.15. The molecule has 186 valence electrons. The lowest BCUT2D eigenvalue weighted by atomic mass is 10.1. The van der Waals surface area contributed by atoms with Crippen LogP contribution in [0.3, 0.4) is 0 Å². The Morgan fingerprint density at radius 1 is 1.00 bits per heavy atom. The molecule has 36 heavy (non-hydrogen) atoms. The summed E-state index contributed by atoms with van der Waals surface area (Å²) in [4.78, 5) is 25.8. The van der Waals surface area contributed by atoms with Crippen LogP contribution in [0.1, 0.15) is 11.1 Å². The number of fused-ring (bicyclic) bond motifs is 1. The topological polar surface area (TPSA) is 87.0 Å². The Labute approximate surface area is 213 Å². The second kappa shape index (κ2) is 11.2. The van der Waals surface area contributed by atoms with Gasteiger partial charge in [0.05, 0.1) is 24.6 Å². The third kappa shape index (κ3) is 5.47. The first kappa shape index (κ1) is 25.1. The number of benzene rings is 3. The van der Waals surface area contributed by atoms with E-state index < -0.39 is 0 Å². The van der Waals surface area contributed by atoms with Crippen molar-refractivity contribution in [2.24, 2.45) is 0 Å². The first-order valence-corrected chi connectivity index (χ1v) is 11.7. The van der Waals surface area contributed by atoms with Gasteiger partial charge in [-0.25, -0.2) is 0 Å². The van der Waals surface area contributed by atoms with Crippen molar-refractivity contribution in [2.45, 2.75) is 13.3 Å². The standard InChI is InChI=1S/C28H26ClNO6/c1-17-8-10-20-23(14-17)36-27(19-6-4-5-7-21(19)29)28(26(20)32)35-16-25(31)30-13-12-18-9-11-22(33-2)24(15-18)34-3/h4-11,14-15H,12-13,16H2,1-3H3,(H,30,31). The molecule has 0 aliphatic carbocycles. The number of hydrogen-bond donors (Lipinski definition) is 1. The Balaban J connectivity index is 1.50. The molecular weight excluding hydrogens is 482 g/mol. The van der Waals surface area contributed by atoms with E-state index in [1.54, 1.807) is 50.6 Å². The average Bonchev–Trinajstić information content (AvgIpc) is 2.88. The molecule has 0 fully saturated rings. The summed E-state index contributed by atoms with van der Waals surface area (Å²) in [5.41, 5.74) is 2.47. The smallest absolute Gasteiger partial charge is 0.257 e. The lowest BCUT2D eigenvalue weighted by Crippen LogP contribution is -2.31. The van der Waals surface area contributed by atoms with Crippen molar-refractivity contribution < 1.29 is 23.4 Å². The van der Waals surface area contributed by atoms with Crippen molar-refractivity contribution in [3.63, 3.8) is 0 Å². The van der Waals surface area contributed by atoms with E-state index in [-0.39, 0.29) is 29.5 Å². The van der Waals surface area contributed by atoms with Gasteiger partial charge in [0.1, 0.15) is 5.58 Å². The molecule has 3 aromatic carbocycles. The summed E-state index contributed by atoms with van der Waals surface area (Å²) in [5.74, 6) is 1.01. The van der Waals surface area contributed by atoms with Crippen LogP contribution in [0.25, 0.3) is 22.3 Å². The molecule has 0 bridgehead atoms. The fourth-order valence-electron chi connectivity index (χ4n) is 3.81. The monoisotopic (exact) mass is 507 g/mol. The fraction of sp³-hybridized carbons (Fsp3) is 0.214. The Morgan fingerprint density at radius 3 is 2.53 bits per heavy atom. The number of rotatable bonds is 9. The van der Waals surface area contributed by atoms with Gasteiger partial charge in [-0.05, 0) is 60.9 Å². The van der Waals surface area contributed by atoms with Crippen molar-refractivity contribution in [1.29, 1.82) is 0 Å². The van der Waals surface area contributed by atoms with Crippen LogP contribution in [0, 0.1) is 6.92 Å². The Morgan fingerprint density at radius 2 is 1.78 bits per heavy atom. The molecule has 0 unspecified atom stereocenters. The zero-order chi connectivity index (χ0) is 25.7. The summed E-state index contributed by atoms with van der Waals surface area (Å²) in [6.07, 6.45) is 0.578. The number of halogens is 1. The Bertz CT molecular complexity index is 1460. The van der Waals surface area contributed by atoms with E-state index >= 15 is 0 Å². The summed E-state index contributed by atoms with van der Waals surface area (Å²) in [5, 5.41) is 3.57. The molecule has 0 saturated heterocycles. The number of nitrogens with one attached hydrogen (secondary N) is 1. The van der Waals surface area contributed by atoms with Gasteiger partial charge < -0.3 is 23.9 Å². The first-order chi connectivity index (χ1) is 17.4. The first-order valence-electron chi connectivity index (χ1n) is 11.3. The van der Waals surface area contributed by atoms with Crippen LogP contribution in [-0.2, 0) is 11.2 Å². The number of carbonyl (C=O) groups is 1. The average molecular weight is 508 g/mol. The third-order valence-electron chi connectivity index (χ3n) is 5.66. The number of methoxy groups -OCH3 is 2. The van der Waals surface area contributed by atoms with Crippen LogP contribution in [0.15, 0.2) is 69.9 Å². The van der Waals surface area contributed by atoms with Gasteiger partial charge in [-0.15, -0.1) is 0 Å². The molecule has 0 atom stereocenters. The quantitative estimate of drug-likeness (QED) is 0.336. The van der Waals surface area contributed by atoms with Gasteiger partial charge in [0.25, 0.3) is 5.91 Å². The highest BCUT2D eigenvalue weighted by Gasteiger charge is 2.20. The molecule has 4 aromatic rings. The summed E-state index contributed by atoms with van der Waals surface area (Å²) >= 11 is 6.38. The number of amides is 1. The molecular formula is C28H26ClNO6. The van der Waals surface area contributed by atoms with E-state index in [4.69, 9.17) is 30.2 Å². The summed E-state index contributed by atoms with van der Waals surface area (Å²) in [6.45, 7) is 1.93. The number of hydrogen-bond acceptors (Lipinski definition) is 6. The largest absolute Gasteiger partial charge is 0.493 e. The molecule has 1 heterocycles. The predicted molar refractivity (Wildman–Crippen MR) is 139 cm³/mol. The minimum absolute atomic E-state index is 0.0607. The normalized spacial score (nSPS) is 10.8. The van der Waals surface area contributed by atoms with Crippen LogP contribution in [0.5, 0.6) is 17.2 Å². The molecule has 4 rings (SSSR count). The lowest BCUT2D eigenvalue weighted by Gasteiger charge is -2.13. The van der Waals surface area contributed by atoms with Gasteiger partial charge in [-0.1, -0.05) is 35.9 Å². The maximum Gasteiger partial charge on any atom is 0.257 e. The minimum Gasteiger partial charge on any atom is -0.493 e. The summed E-state index contributed by atoms with van der Waals surface area (Å²) in [6, 6.07) is 17.9. The van der Waals surface area contributed by atoms with Gasteiger partial charge in [0.2, 0.25) is 11.2 Å². The lowest BCUT2D eigenvalue weighted by molar-refractivity contribution is -0.123. The maximum atomic E-state index is 13.3. The van der Waals surface area contributed by atoms with Crippen molar-refractivity contribution in [3.05, 3.63) is 87.0 Å². The van der Waals surface area contributed by atoms with E-state index in [0.29, 0.717) is 46.0 Å². The van der Waals surface area contributed by atoms with E-state index in [2.05, 4.69) is 5.32 Å². The summed E-state index contributed by atoms with van der Waals surface area (Å²) < 4.78 is 22.4. The molecule has 7 nitrogen and oxygen atoms in total. The van der Waals surface area contributed by atoms with Crippen LogP contribution in [0.2, 0.25) is 5.02 Å². The van der Waals surface area contributed by atoms with E-state index in [1.807, 2.05) is 31.2 Å².